The second-order valence-electron chi connectivity index (χ2n) is 13.4. The van der Waals surface area contributed by atoms with Gasteiger partial charge in [-0.05, 0) is 123 Å². The van der Waals surface area contributed by atoms with Crippen LogP contribution in [0.25, 0.3) is 0 Å². The zero-order chi connectivity index (χ0) is 37.5. The summed E-state index contributed by atoms with van der Waals surface area (Å²) in [5, 5.41) is 15.5. The summed E-state index contributed by atoms with van der Waals surface area (Å²) in [7, 11) is -2.57. The quantitative estimate of drug-likeness (QED) is 0.0806. The molecule has 2 amide bonds. The Balaban J connectivity index is 1.13. The Morgan fingerprint density at radius 1 is 0.849 bits per heavy atom. The maximum Gasteiger partial charge on any atom is 0.335 e. The van der Waals surface area contributed by atoms with Crippen molar-refractivity contribution in [2.45, 2.75) is 81.6 Å². The van der Waals surface area contributed by atoms with Crippen LogP contribution in [-0.2, 0) is 45.2 Å². The normalized spacial score (nSPS) is 14.0. The number of thiophene rings is 1. The lowest BCUT2D eigenvalue weighted by molar-refractivity contribution is -0.140. The van der Waals surface area contributed by atoms with Crippen molar-refractivity contribution in [1.82, 2.24) is 4.31 Å². The number of aryl methyl sites for hydroxylation is 3. The number of carbonyl (C=O) groups excluding carboxylic acids is 3. The van der Waals surface area contributed by atoms with Crippen LogP contribution in [0.1, 0.15) is 97.6 Å². The van der Waals surface area contributed by atoms with Gasteiger partial charge >= 0.3 is 11.9 Å². The minimum Gasteiger partial charge on any atom is -0.478 e. The molecular formula is C40H43N3O8S2. The number of nitrogens with zero attached hydrogens (tertiary/aromatic N) is 1. The molecule has 0 aliphatic heterocycles. The first-order valence-corrected chi connectivity index (χ1v) is 20.2. The molecule has 0 radical (unpaired) electrons. The molecule has 1 aromatic heterocycles. The Morgan fingerprint density at radius 3 is 2.19 bits per heavy atom. The van der Waals surface area contributed by atoms with Gasteiger partial charge < -0.3 is 20.5 Å². The number of ether oxygens (including phenoxy) is 1. The third-order valence-electron chi connectivity index (χ3n) is 9.63. The molecule has 3 aromatic carbocycles. The van der Waals surface area contributed by atoms with E-state index >= 15 is 0 Å². The molecule has 6 rings (SSSR count). The van der Waals surface area contributed by atoms with Crippen molar-refractivity contribution < 1.29 is 37.4 Å². The first-order chi connectivity index (χ1) is 25.5. The number of hydrogen-bond acceptors (Lipinski definition) is 8. The van der Waals surface area contributed by atoms with Crippen LogP contribution in [0.2, 0.25) is 0 Å². The van der Waals surface area contributed by atoms with Gasteiger partial charge in [0.05, 0.1) is 23.1 Å². The van der Waals surface area contributed by atoms with Gasteiger partial charge in [-0.1, -0.05) is 30.3 Å². The third kappa shape index (κ3) is 9.39. The Kier molecular flexibility index (Phi) is 12.1. The zero-order valence-corrected chi connectivity index (χ0v) is 31.2. The number of hydrogen-bond donors (Lipinski definition) is 3. The number of fused-ring (bicyclic) bond motifs is 1. The summed E-state index contributed by atoms with van der Waals surface area (Å²) in [5.41, 5.74) is 4.49. The number of esters is 1. The molecular weight excluding hydrogens is 715 g/mol. The molecule has 4 aromatic rings. The topological polar surface area (TPSA) is 159 Å². The van der Waals surface area contributed by atoms with Crippen LogP contribution in [0.5, 0.6) is 0 Å². The standard InChI is InChI=1S/C40H43N3O8S2/c1-51-35(44)11-4-5-24-43(31-22-23-31)53(49,50)32-8-6-7-29(25-32)37(45)42-39-36(33-9-2-3-10-34(33)52-39)38(46)41-30-20-16-27(17-21-30)13-12-26-14-18-28(19-15-26)40(47)48/h6-8,14-21,25,31H,2-5,9-13,22-24H2,1H3,(H,41,46)(H,42,45)(H,47,48). The molecule has 2 aliphatic rings. The van der Waals surface area contributed by atoms with E-state index in [-0.39, 0.29) is 46.9 Å². The summed E-state index contributed by atoms with van der Waals surface area (Å²) >= 11 is 1.39. The Labute approximate surface area is 313 Å². The van der Waals surface area contributed by atoms with Crippen LogP contribution >= 0.6 is 11.3 Å². The summed E-state index contributed by atoms with van der Waals surface area (Å²) in [6.45, 7) is 0.271. The van der Waals surface area contributed by atoms with E-state index in [1.54, 1.807) is 24.3 Å². The van der Waals surface area contributed by atoms with E-state index in [4.69, 9.17) is 9.84 Å². The highest BCUT2D eigenvalue weighted by atomic mass is 32.2. The summed E-state index contributed by atoms with van der Waals surface area (Å²) < 4.78 is 33.7. The van der Waals surface area contributed by atoms with Gasteiger partial charge in [-0.15, -0.1) is 11.3 Å². The fraction of sp³-hybridized carbons (Fsp3) is 0.350. The van der Waals surface area contributed by atoms with E-state index in [0.29, 0.717) is 29.1 Å². The number of benzene rings is 3. The van der Waals surface area contributed by atoms with Gasteiger partial charge in [-0.2, -0.15) is 4.31 Å². The van der Waals surface area contributed by atoms with Crippen LogP contribution in [0.4, 0.5) is 10.7 Å². The fourth-order valence-electron chi connectivity index (χ4n) is 6.55. The van der Waals surface area contributed by atoms with Gasteiger partial charge in [0.15, 0.2) is 0 Å². The minimum atomic E-state index is -3.90. The van der Waals surface area contributed by atoms with Crippen LogP contribution < -0.4 is 10.6 Å². The Morgan fingerprint density at radius 2 is 1.53 bits per heavy atom. The number of anilines is 2. The molecule has 278 valence electrons. The summed E-state index contributed by atoms with van der Waals surface area (Å²) in [4.78, 5) is 51.3. The monoisotopic (exact) mass is 757 g/mol. The largest absolute Gasteiger partial charge is 0.478 e. The second-order valence-corrected chi connectivity index (χ2v) is 16.4. The first-order valence-electron chi connectivity index (χ1n) is 17.9. The molecule has 0 bridgehead atoms. The smallest absolute Gasteiger partial charge is 0.335 e. The van der Waals surface area contributed by atoms with E-state index in [9.17, 15) is 27.6 Å². The zero-order valence-electron chi connectivity index (χ0n) is 29.6. The van der Waals surface area contributed by atoms with Gasteiger partial charge in [-0.25, -0.2) is 13.2 Å². The van der Waals surface area contributed by atoms with Crippen molar-refractivity contribution in [2.24, 2.45) is 0 Å². The molecule has 0 saturated heterocycles. The van der Waals surface area contributed by atoms with Crippen LogP contribution in [0, 0.1) is 0 Å². The van der Waals surface area contributed by atoms with Crippen LogP contribution in [0.3, 0.4) is 0 Å². The highest BCUT2D eigenvalue weighted by Crippen LogP contribution is 2.39. The van der Waals surface area contributed by atoms with Gasteiger partial charge in [-0.3, -0.25) is 14.4 Å². The number of rotatable bonds is 16. The van der Waals surface area contributed by atoms with Crippen molar-refractivity contribution in [2.75, 3.05) is 24.3 Å². The average Bonchev–Trinajstić information content (AvgIpc) is 3.93. The van der Waals surface area contributed by atoms with Crippen molar-refractivity contribution in [1.29, 1.82) is 0 Å². The number of methoxy groups -OCH3 is 1. The SMILES string of the molecule is COC(=O)CCCCN(C1CC1)S(=O)(=O)c1cccc(C(=O)Nc2sc3c(c2C(=O)Nc2ccc(CCc4ccc(C(=O)O)cc4)cc2)CCCC3)c1. The maximum atomic E-state index is 13.8. The third-order valence-corrected chi connectivity index (χ3v) is 12.8. The van der Waals surface area contributed by atoms with Crippen LogP contribution in [0.15, 0.2) is 77.7 Å². The molecule has 3 N–H and O–H groups in total. The molecule has 1 heterocycles. The first kappa shape index (κ1) is 37.9. The number of nitrogens with one attached hydrogen (secondary N) is 2. The van der Waals surface area contributed by atoms with E-state index in [2.05, 4.69) is 10.6 Å². The molecule has 1 fully saturated rings. The fourth-order valence-corrected chi connectivity index (χ4v) is 9.61. The van der Waals surface area contributed by atoms with Crippen molar-refractivity contribution in [3.8, 4) is 0 Å². The molecule has 0 atom stereocenters. The van der Waals surface area contributed by atoms with Crippen molar-refractivity contribution in [3.05, 3.63) is 111 Å². The number of carboxylic acids is 1. The lowest BCUT2D eigenvalue weighted by Crippen LogP contribution is -2.34. The van der Waals surface area contributed by atoms with E-state index in [0.717, 1.165) is 72.9 Å². The lowest BCUT2D eigenvalue weighted by atomic mass is 9.95. The van der Waals surface area contributed by atoms with Gasteiger partial charge in [0.2, 0.25) is 10.0 Å². The molecule has 53 heavy (non-hydrogen) atoms. The van der Waals surface area contributed by atoms with Gasteiger partial charge in [0, 0.05) is 35.1 Å². The molecule has 11 nitrogen and oxygen atoms in total. The Hall–Kier alpha value is -4.85. The molecule has 0 spiro atoms. The number of sulfonamides is 1. The number of unbranched alkanes of at least 4 members (excludes halogenated alkanes) is 1. The number of carboxylic acid groups (broad SMARTS) is 1. The summed E-state index contributed by atoms with van der Waals surface area (Å²) in [6.07, 6.45) is 7.72. The van der Waals surface area contributed by atoms with Crippen molar-refractivity contribution >= 4 is 55.8 Å². The summed E-state index contributed by atoms with van der Waals surface area (Å²) in [5.74, 6) is -2.12. The molecule has 13 heteroatoms. The number of aromatic carboxylic acids is 1. The van der Waals surface area contributed by atoms with E-state index in [1.807, 2.05) is 36.4 Å². The molecule has 0 unspecified atom stereocenters. The highest BCUT2D eigenvalue weighted by molar-refractivity contribution is 7.89. The van der Waals surface area contributed by atoms with E-state index < -0.39 is 21.9 Å². The lowest BCUT2D eigenvalue weighted by Gasteiger charge is -2.22. The molecule has 2 aliphatic carbocycles. The van der Waals surface area contributed by atoms with Crippen LogP contribution in [-0.4, -0.2) is 61.3 Å². The predicted molar refractivity (Wildman–Crippen MR) is 203 cm³/mol. The number of carbonyl (C=O) groups is 4. The average molecular weight is 758 g/mol. The second kappa shape index (κ2) is 16.9. The molecule has 1 saturated carbocycles. The minimum absolute atomic E-state index is 0.0213. The summed E-state index contributed by atoms with van der Waals surface area (Å²) in [6, 6.07) is 20.3. The predicted octanol–water partition coefficient (Wildman–Crippen LogP) is 7.11. The van der Waals surface area contributed by atoms with E-state index in [1.165, 1.54) is 34.9 Å². The number of amides is 2. The highest BCUT2D eigenvalue weighted by Gasteiger charge is 2.38. The Bertz CT molecular complexity index is 2090. The van der Waals surface area contributed by atoms with Crippen molar-refractivity contribution in [3.63, 3.8) is 0 Å². The maximum absolute atomic E-state index is 13.8. The van der Waals surface area contributed by atoms with Gasteiger partial charge in [0.1, 0.15) is 5.00 Å². The van der Waals surface area contributed by atoms with Gasteiger partial charge in [0.25, 0.3) is 11.8 Å².